The Morgan fingerprint density at radius 3 is 2.84 bits per heavy atom. The van der Waals surface area contributed by atoms with E-state index in [0.717, 1.165) is 5.56 Å². The first-order valence-corrected chi connectivity index (χ1v) is 6.57. The summed E-state index contributed by atoms with van der Waals surface area (Å²) in [5.41, 5.74) is 7.06. The number of morpholine rings is 1. The van der Waals surface area contributed by atoms with Crippen molar-refractivity contribution in [3.63, 3.8) is 0 Å². The molecule has 1 saturated heterocycles. The van der Waals surface area contributed by atoms with E-state index in [4.69, 9.17) is 10.5 Å². The predicted octanol–water partition coefficient (Wildman–Crippen LogP) is 1.43. The van der Waals surface area contributed by atoms with E-state index in [1.807, 2.05) is 24.8 Å². The van der Waals surface area contributed by atoms with Gasteiger partial charge in [0.15, 0.2) is 0 Å². The van der Waals surface area contributed by atoms with Gasteiger partial charge in [-0.15, -0.1) is 0 Å². The molecule has 19 heavy (non-hydrogen) atoms. The minimum absolute atomic E-state index is 0.0293. The van der Waals surface area contributed by atoms with Gasteiger partial charge < -0.3 is 20.5 Å². The molecule has 0 aromatic heterocycles. The Balaban J connectivity index is 2.21. The number of hydrogen-bond donors (Lipinski definition) is 2. The first-order valence-electron chi connectivity index (χ1n) is 6.57. The number of aliphatic hydroxyl groups excluding tert-OH is 1. The van der Waals surface area contributed by atoms with Crippen molar-refractivity contribution >= 4 is 5.69 Å². The first-order chi connectivity index (χ1) is 9.01. The van der Waals surface area contributed by atoms with Gasteiger partial charge in [0.2, 0.25) is 0 Å². The van der Waals surface area contributed by atoms with Crippen LogP contribution in [0.2, 0.25) is 0 Å². The Morgan fingerprint density at radius 2 is 2.26 bits per heavy atom. The average molecular weight is 268 g/mol. The van der Waals surface area contributed by atoms with Gasteiger partial charge in [0.25, 0.3) is 0 Å². The second kappa shape index (κ2) is 5.86. The van der Waals surface area contributed by atoms with Gasteiger partial charge in [-0.05, 0) is 31.5 Å². The van der Waals surface area contributed by atoms with Crippen LogP contribution in [0.15, 0.2) is 18.2 Å². The summed E-state index contributed by atoms with van der Waals surface area (Å²) in [6.45, 7) is 4.80. The maximum Gasteiger partial charge on any atom is 0.146 e. The van der Waals surface area contributed by atoms with Gasteiger partial charge in [-0.25, -0.2) is 4.39 Å². The van der Waals surface area contributed by atoms with E-state index in [0.29, 0.717) is 18.8 Å². The van der Waals surface area contributed by atoms with E-state index in [1.54, 1.807) is 6.07 Å². The number of anilines is 1. The molecule has 3 unspecified atom stereocenters. The number of halogens is 1. The largest absolute Gasteiger partial charge is 0.394 e. The second-order valence-electron chi connectivity index (χ2n) is 5.16. The van der Waals surface area contributed by atoms with Crippen LogP contribution in [0.4, 0.5) is 10.1 Å². The third-order valence-electron chi connectivity index (χ3n) is 3.37. The van der Waals surface area contributed by atoms with Crippen LogP contribution in [0.25, 0.3) is 0 Å². The maximum atomic E-state index is 14.2. The summed E-state index contributed by atoms with van der Waals surface area (Å²) < 4.78 is 19.7. The van der Waals surface area contributed by atoms with Crippen molar-refractivity contribution in [2.24, 2.45) is 5.73 Å². The quantitative estimate of drug-likeness (QED) is 0.870. The third kappa shape index (κ3) is 3.23. The Hall–Kier alpha value is -1.17. The maximum absolute atomic E-state index is 14.2. The van der Waals surface area contributed by atoms with Crippen molar-refractivity contribution in [2.75, 3.05) is 24.6 Å². The molecule has 0 spiro atoms. The fourth-order valence-corrected chi connectivity index (χ4v) is 2.41. The summed E-state index contributed by atoms with van der Waals surface area (Å²) in [6, 6.07) is 4.89. The minimum atomic E-state index is -0.277. The molecule has 2 rings (SSSR count). The van der Waals surface area contributed by atoms with Crippen molar-refractivity contribution in [2.45, 2.75) is 32.1 Å². The summed E-state index contributed by atoms with van der Waals surface area (Å²) in [4.78, 5) is 1.91. The zero-order valence-electron chi connectivity index (χ0n) is 11.3. The monoisotopic (exact) mass is 268 g/mol. The van der Waals surface area contributed by atoms with Gasteiger partial charge in [-0.2, -0.15) is 0 Å². The molecule has 1 heterocycles. The molecular formula is C14H21FN2O2. The Morgan fingerprint density at radius 1 is 1.53 bits per heavy atom. The molecule has 4 nitrogen and oxygen atoms in total. The zero-order valence-corrected chi connectivity index (χ0v) is 11.3. The highest BCUT2D eigenvalue weighted by molar-refractivity contribution is 5.50. The zero-order chi connectivity index (χ0) is 14.0. The molecule has 0 bridgehead atoms. The number of benzene rings is 1. The smallest absolute Gasteiger partial charge is 0.146 e. The number of nitrogens with zero attached hydrogens (tertiary/aromatic N) is 1. The number of aliphatic hydroxyl groups is 1. The van der Waals surface area contributed by atoms with Gasteiger partial charge in [-0.3, -0.25) is 0 Å². The molecule has 1 fully saturated rings. The van der Waals surface area contributed by atoms with E-state index in [2.05, 4.69) is 0 Å². The van der Waals surface area contributed by atoms with Gasteiger partial charge in [0.1, 0.15) is 5.82 Å². The van der Waals surface area contributed by atoms with Crippen molar-refractivity contribution in [3.8, 4) is 0 Å². The van der Waals surface area contributed by atoms with Crippen LogP contribution in [0.1, 0.15) is 25.5 Å². The molecule has 1 aromatic carbocycles. The molecule has 1 aliphatic heterocycles. The first kappa shape index (κ1) is 14.2. The molecule has 0 saturated carbocycles. The Bertz CT molecular complexity index is 439. The van der Waals surface area contributed by atoms with Crippen LogP contribution in [0.5, 0.6) is 0 Å². The van der Waals surface area contributed by atoms with Crippen LogP contribution >= 0.6 is 0 Å². The van der Waals surface area contributed by atoms with E-state index in [1.165, 1.54) is 6.07 Å². The van der Waals surface area contributed by atoms with E-state index in [-0.39, 0.29) is 30.7 Å². The van der Waals surface area contributed by atoms with Crippen LogP contribution in [0, 0.1) is 5.82 Å². The number of nitrogens with two attached hydrogens (primary N) is 1. The summed E-state index contributed by atoms with van der Waals surface area (Å²) in [6.07, 6.45) is -0.297. The lowest BCUT2D eigenvalue weighted by Crippen LogP contribution is -2.48. The highest BCUT2D eigenvalue weighted by atomic mass is 19.1. The molecule has 0 radical (unpaired) electrons. The average Bonchev–Trinajstić information content (AvgIpc) is 2.37. The lowest BCUT2D eigenvalue weighted by Gasteiger charge is -2.37. The Labute approximate surface area is 113 Å². The van der Waals surface area contributed by atoms with E-state index < -0.39 is 0 Å². The third-order valence-corrected chi connectivity index (χ3v) is 3.37. The molecule has 5 heteroatoms. The topological polar surface area (TPSA) is 58.7 Å². The molecule has 0 amide bonds. The molecule has 0 aliphatic carbocycles. The standard InChI is InChI=1S/C14H21FN2O2/c1-9-6-17(7-12(8-18)19-9)14-4-3-11(10(2)16)5-13(14)15/h3-5,9-10,12,18H,6-8,16H2,1-2H3. The SMILES string of the molecule is CC1CN(c2ccc(C(C)N)cc2F)CC(CO)O1. The van der Waals surface area contributed by atoms with Crippen molar-refractivity contribution in [3.05, 3.63) is 29.6 Å². The molecule has 3 N–H and O–H groups in total. The normalized spacial score (nSPS) is 25.4. The van der Waals surface area contributed by atoms with Crippen molar-refractivity contribution in [1.82, 2.24) is 0 Å². The molecule has 106 valence electrons. The number of rotatable bonds is 3. The summed E-state index contributed by atoms with van der Waals surface area (Å²) in [7, 11) is 0. The van der Waals surface area contributed by atoms with Crippen molar-refractivity contribution in [1.29, 1.82) is 0 Å². The highest BCUT2D eigenvalue weighted by Crippen LogP contribution is 2.25. The van der Waals surface area contributed by atoms with Crippen LogP contribution < -0.4 is 10.6 Å². The molecule has 1 aliphatic rings. The number of hydrogen-bond acceptors (Lipinski definition) is 4. The van der Waals surface area contributed by atoms with Crippen molar-refractivity contribution < 1.29 is 14.2 Å². The molecule has 3 atom stereocenters. The van der Waals surface area contributed by atoms with Gasteiger partial charge >= 0.3 is 0 Å². The lowest BCUT2D eigenvalue weighted by molar-refractivity contribution is -0.0422. The van der Waals surface area contributed by atoms with Gasteiger partial charge in [0, 0.05) is 19.1 Å². The van der Waals surface area contributed by atoms with Crippen LogP contribution in [-0.2, 0) is 4.74 Å². The molecular weight excluding hydrogens is 247 g/mol. The fourth-order valence-electron chi connectivity index (χ4n) is 2.41. The van der Waals surface area contributed by atoms with Crippen LogP contribution in [-0.4, -0.2) is 37.0 Å². The molecule has 1 aromatic rings. The van der Waals surface area contributed by atoms with E-state index >= 15 is 0 Å². The summed E-state index contributed by atoms with van der Waals surface area (Å²) in [5.74, 6) is -0.277. The lowest BCUT2D eigenvalue weighted by atomic mass is 10.1. The minimum Gasteiger partial charge on any atom is -0.394 e. The fraction of sp³-hybridized carbons (Fsp3) is 0.571. The highest BCUT2D eigenvalue weighted by Gasteiger charge is 2.26. The number of ether oxygens (including phenoxy) is 1. The summed E-state index contributed by atoms with van der Waals surface area (Å²) in [5, 5.41) is 9.20. The van der Waals surface area contributed by atoms with Crippen LogP contribution in [0.3, 0.4) is 0 Å². The second-order valence-corrected chi connectivity index (χ2v) is 5.16. The van der Waals surface area contributed by atoms with E-state index in [9.17, 15) is 9.50 Å². The van der Waals surface area contributed by atoms with Gasteiger partial charge in [-0.1, -0.05) is 6.07 Å². The Kier molecular flexibility index (Phi) is 4.39. The summed E-state index contributed by atoms with van der Waals surface area (Å²) >= 11 is 0. The predicted molar refractivity (Wildman–Crippen MR) is 72.6 cm³/mol. The van der Waals surface area contributed by atoms with Gasteiger partial charge in [0.05, 0.1) is 24.5 Å².